The summed E-state index contributed by atoms with van der Waals surface area (Å²) in [5, 5.41) is 8.94. The van der Waals surface area contributed by atoms with Crippen molar-refractivity contribution in [3.05, 3.63) is 102 Å². The van der Waals surface area contributed by atoms with E-state index in [1.807, 2.05) is 37.3 Å². The van der Waals surface area contributed by atoms with Crippen LogP contribution in [0, 0.1) is 0 Å². The maximum Gasteiger partial charge on any atom is 0.513 e. The van der Waals surface area contributed by atoms with Crippen LogP contribution in [0.4, 0.5) is 4.79 Å². The summed E-state index contributed by atoms with van der Waals surface area (Å²) < 4.78 is 31.3. The van der Waals surface area contributed by atoms with Crippen molar-refractivity contribution >= 4 is 24.1 Å². The SMILES string of the molecule is C=CC(=O)OCCCCOC(=O)Oc1ccc(OC(=O)c2ccc3c(c2)C(C)c2cc(OCCOC(=O)C(=C)CO)ccc2-3)cc1. The number of benzene rings is 3. The fourth-order valence-corrected chi connectivity index (χ4v) is 4.61. The van der Waals surface area contributed by atoms with E-state index in [0.29, 0.717) is 24.2 Å². The van der Waals surface area contributed by atoms with Crippen LogP contribution in [0.15, 0.2) is 85.5 Å². The summed E-state index contributed by atoms with van der Waals surface area (Å²) in [7, 11) is 0. The highest BCUT2D eigenvalue weighted by Crippen LogP contribution is 2.46. The molecule has 11 heteroatoms. The molecule has 240 valence electrons. The van der Waals surface area contributed by atoms with Gasteiger partial charge >= 0.3 is 24.1 Å². The molecule has 1 aliphatic rings. The zero-order valence-electron chi connectivity index (χ0n) is 25.3. The van der Waals surface area contributed by atoms with E-state index in [2.05, 4.69) is 13.2 Å². The number of rotatable bonds is 15. The van der Waals surface area contributed by atoms with E-state index in [1.165, 1.54) is 24.3 Å². The van der Waals surface area contributed by atoms with Crippen LogP contribution in [-0.4, -0.2) is 62.2 Å². The van der Waals surface area contributed by atoms with Gasteiger partial charge in [0.1, 0.15) is 30.5 Å². The Balaban J connectivity index is 1.26. The Morgan fingerprint density at radius 2 is 1.37 bits per heavy atom. The number of ether oxygens (including phenoxy) is 6. The van der Waals surface area contributed by atoms with E-state index < -0.39 is 30.7 Å². The monoisotopic (exact) mass is 630 g/mol. The molecule has 0 fully saturated rings. The molecule has 1 atom stereocenters. The molecule has 11 nitrogen and oxygen atoms in total. The first-order valence-electron chi connectivity index (χ1n) is 14.5. The number of fused-ring (bicyclic) bond motifs is 3. The second-order valence-corrected chi connectivity index (χ2v) is 10.2. The minimum absolute atomic E-state index is 0.0116. The van der Waals surface area contributed by atoms with Gasteiger partial charge < -0.3 is 33.5 Å². The van der Waals surface area contributed by atoms with Gasteiger partial charge in [-0.25, -0.2) is 19.2 Å². The maximum absolute atomic E-state index is 13.0. The van der Waals surface area contributed by atoms with Crippen LogP contribution in [0.25, 0.3) is 11.1 Å². The molecular formula is C35H34O11. The molecule has 0 saturated heterocycles. The molecule has 0 heterocycles. The highest BCUT2D eigenvalue weighted by Gasteiger charge is 2.27. The molecule has 0 radical (unpaired) electrons. The highest BCUT2D eigenvalue weighted by atomic mass is 16.7. The average molecular weight is 631 g/mol. The number of hydrogen-bond donors (Lipinski definition) is 1. The van der Waals surface area contributed by atoms with Crippen molar-refractivity contribution in [1.29, 1.82) is 0 Å². The fourth-order valence-electron chi connectivity index (χ4n) is 4.61. The molecule has 3 aromatic rings. The molecule has 4 rings (SSSR count). The number of unbranched alkanes of at least 4 members (excludes halogenated alkanes) is 1. The summed E-state index contributed by atoms with van der Waals surface area (Å²) >= 11 is 0. The van der Waals surface area contributed by atoms with Gasteiger partial charge in [-0.3, -0.25) is 0 Å². The lowest BCUT2D eigenvalue weighted by Crippen LogP contribution is -2.15. The van der Waals surface area contributed by atoms with Crippen molar-refractivity contribution in [2.24, 2.45) is 0 Å². The van der Waals surface area contributed by atoms with Gasteiger partial charge in [-0.1, -0.05) is 32.2 Å². The normalized spacial score (nSPS) is 12.6. The number of hydrogen-bond acceptors (Lipinski definition) is 11. The van der Waals surface area contributed by atoms with Crippen LogP contribution in [0.1, 0.15) is 47.2 Å². The predicted octanol–water partition coefficient (Wildman–Crippen LogP) is 5.53. The zero-order chi connectivity index (χ0) is 33.1. The Labute approximate surface area is 265 Å². The summed E-state index contributed by atoms with van der Waals surface area (Å²) in [5.41, 5.74) is 4.40. The van der Waals surface area contributed by atoms with Crippen molar-refractivity contribution in [2.45, 2.75) is 25.7 Å². The lowest BCUT2D eigenvalue weighted by Gasteiger charge is -2.11. The summed E-state index contributed by atoms with van der Waals surface area (Å²) in [6, 6.07) is 17.1. The largest absolute Gasteiger partial charge is 0.513 e. The van der Waals surface area contributed by atoms with Gasteiger partial charge in [0, 0.05) is 12.0 Å². The molecule has 1 aliphatic carbocycles. The second kappa shape index (κ2) is 16.1. The first kappa shape index (κ1) is 33.5. The van der Waals surface area contributed by atoms with Crippen LogP contribution in [0.3, 0.4) is 0 Å². The zero-order valence-corrected chi connectivity index (χ0v) is 25.3. The first-order chi connectivity index (χ1) is 22.2. The van der Waals surface area contributed by atoms with Crippen molar-refractivity contribution in [3.63, 3.8) is 0 Å². The smallest absolute Gasteiger partial charge is 0.490 e. The molecule has 0 bridgehead atoms. The Kier molecular flexibility index (Phi) is 11.7. The number of aliphatic hydroxyl groups is 1. The first-order valence-corrected chi connectivity index (χ1v) is 14.5. The molecule has 0 spiro atoms. The molecular weight excluding hydrogens is 596 g/mol. The second-order valence-electron chi connectivity index (χ2n) is 10.2. The topological polar surface area (TPSA) is 144 Å². The van der Waals surface area contributed by atoms with Gasteiger partial charge in [-0.2, -0.15) is 0 Å². The highest BCUT2D eigenvalue weighted by molar-refractivity contribution is 5.93. The summed E-state index contributed by atoms with van der Waals surface area (Å²) in [5.74, 6) is -0.640. The molecule has 1 N–H and O–H groups in total. The van der Waals surface area contributed by atoms with Crippen LogP contribution >= 0.6 is 0 Å². The summed E-state index contributed by atoms with van der Waals surface area (Å²) in [6.07, 6.45) is 1.20. The van der Waals surface area contributed by atoms with Gasteiger partial charge in [0.05, 0.1) is 31.0 Å². The molecule has 1 unspecified atom stereocenters. The Morgan fingerprint density at radius 1 is 0.761 bits per heavy atom. The van der Waals surface area contributed by atoms with Crippen molar-refractivity contribution in [3.8, 4) is 28.4 Å². The average Bonchev–Trinajstić information content (AvgIpc) is 3.34. The summed E-state index contributed by atoms with van der Waals surface area (Å²) in [4.78, 5) is 47.5. The third-order valence-electron chi connectivity index (χ3n) is 7.00. The van der Waals surface area contributed by atoms with Crippen LogP contribution in [-0.2, 0) is 23.8 Å². The number of esters is 3. The third-order valence-corrected chi connectivity index (χ3v) is 7.00. The Morgan fingerprint density at radius 3 is 2.04 bits per heavy atom. The fraction of sp³-hybridized carbons (Fsp3) is 0.257. The predicted molar refractivity (Wildman–Crippen MR) is 166 cm³/mol. The van der Waals surface area contributed by atoms with Crippen LogP contribution in [0.5, 0.6) is 17.2 Å². The van der Waals surface area contributed by atoms with E-state index >= 15 is 0 Å². The van der Waals surface area contributed by atoms with Gasteiger partial charge in [-0.05, 0) is 83.6 Å². The van der Waals surface area contributed by atoms with Gasteiger partial charge in [-0.15, -0.1) is 0 Å². The van der Waals surface area contributed by atoms with Crippen molar-refractivity contribution in [2.75, 3.05) is 33.0 Å². The van der Waals surface area contributed by atoms with E-state index in [1.54, 1.807) is 6.07 Å². The van der Waals surface area contributed by atoms with Gasteiger partial charge in [0.25, 0.3) is 0 Å². The van der Waals surface area contributed by atoms with Crippen molar-refractivity contribution < 1.29 is 52.7 Å². The molecule has 46 heavy (non-hydrogen) atoms. The minimum atomic E-state index is -0.883. The molecule has 0 saturated carbocycles. The maximum atomic E-state index is 13.0. The van der Waals surface area contributed by atoms with Gasteiger partial charge in [0.15, 0.2) is 0 Å². The third kappa shape index (κ3) is 8.82. The Hall–Kier alpha value is -5.42. The quantitative estimate of drug-likeness (QED) is 0.0565. The number of aliphatic hydroxyl groups excluding tert-OH is 1. The lowest BCUT2D eigenvalue weighted by molar-refractivity contribution is -0.140. The summed E-state index contributed by atoms with van der Waals surface area (Å²) in [6.45, 7) is 8.75. The van der Waals surface area contributed by atoms with E-state index in [-0.39, 0.29) is 49.4 Å². The van der Waals surface area contributed by atoms with Crippen LogP contribution in [0.2, 0.25) is 0 Å². The Bertz CT molecular complexity index is 1610. The van der Waals surface area contributed by atoms with E-state index in [9.17, 15) is 19.2 Å². The molecule has 0 aliphatic heterocycles. The molecule has 0 aromatic heterocycles. The van der Waals surface area contributed by atoms with E-state index in [4.69, 9.17) is 33.5 Å². The molecule has 0 amide bonds. The van der Waals surface area contributed by atoms with Crippen molar-refractivity contribution in [1.82, 2.24) is 0 Å². The molecule has 3 aromatic carbocycles. The standard InChI is InChI=1S/C35H34O11/c1-4-32(37)42-15-5-6-16-44-35(40)46-26-10-8-25(9-11-26)45-34(39)24-7-13-28-29-14-12-27(20-31(29)23(3)30(28)19-24)41-17-18-43-33(38)22(2)21-36/h4,7-14,19-20,23,36H,1-2,5-6,15-18,21H2,3H3. The number of carbonyl (C=O) groups excluding carboxylic acids is 4. The minimum Gasteiger partial charge on any atom is -0.490 e. The van der Waals surface area contributed by atoms with Crippen LogP contribution < -0.4 is 14.2 Å². The lowest BCUT2D eigenvalue weighted by atomic mass is 9.98. The van der Waals surface area contributed by atoms with Gasteiger partial charge in [0.2, 0.25) is 0 Å². The number of carbonyl (C=O) groups is 4. The van der Waals surface area contributed by atoms with E-state index in [0.717, 1.165) is 28.3 Å².